The molecule has 0 atom stereocenters. The summed E-state index contributed by atoms with van der Waals surface area (Å²) in [7, 11) is 0. The maximum absolute atomic E-state index is 13.4. The molecule has 0 bridgehead atoms. The van der Waals surface area contributed by atoms with Gasteiger partial charge >= 0.3 is 0 Å². The number of carbonyl (C=O) groups excluding carboxylic acids is 1. The lowest BCUT2D eigenvalue weighted by Crippen LogP contribution is -2.27. The molecule has 0 radical (unpaired) electrons. The second-order valence-electron chi connectivity index (χ2n) is 6.92. The van der Waals surface area contributed by atoms with Gasteiger partial charge in [0.2, 0.25) is 5.91 Å². The van der Waals surface area contributed by atoms with Gasteiger partial charge in [-0.15, -0.1) is 0 Å². The minimum absolute atomic E-state index is 0.155. The van der Waals surface area contributed by atoms with E-state index in [1.54, 1.807) is 30.7 Å². The first-order valence-corrected chi connectivity index (χ1v) is 10.3. The summed E-state index contributed by atoms with van der Waals surface area (Å²) in [6.45, 7) is 0.332. The number of amides is 1. The number of hydrogen-bond acceptors (Lipinski definition) is 3. The predicted octanol–water partition coefficient (Wildman–Crippen LogP) is 4.30. The van der Waals surface area contributed by atoms with Gasteiger partial charge in [0.25, 0.3) is 5.56 Å². The Balaban J connectivity index is 1.66. The Labute approximate surface area is 186 Å². The molecule has 31 heavy (non-hydrogen) atoms. The second-order valence-corrected chi connectivity index (χ2v) is 7.84. The van der Waals surface area contributed by atoms with Crippen LogP contribution in [0, 0.1) is 5.82 Å². The van der Waals surface area contributed by atoms with E-state index in [1.165, 1.54) is 22.8 Å². The maximum atomic E-state index is 13.4. The summed E-state index contributed by atoms with van der Waals surface area (Å²) < 4.78 is 17.2. The van der Waals surface area contributed by atoms with E-state index in [-0.39, 0.29) is 23.8 Å². The Bertz CT molecular complexity index is 1270. The van der Waals surface area contributed by atoms with Gasteiger partial charge in [-0.2, -0.15) is 0 Å². The number of hydrogen-bond donors (Lipinski definition) is 1. The van der Waals surface area contributed by atoms with E-state index >= 15 is 0 Å². The molecule has 0 saturated heterocycles. The molecule has 2 aromatic carbocycles. The molecule has 2 aromatic heterocycles. The largest absolute Gasteiger partial charge is 0.312 e. The summed E-state index contributed by atoms with van der Waals surface area (Å²) in [4.78, 5) is 29.3. The van der Waals surface area contributed by atoms with Crippen LogP contribution < -0.4 is 10.9 Å². The van der Waals surface area contributed by atoms with Crippen LogP contribution in [0.15, 0.2) is 88.5 Å². The first-order chi connectivity index (χ1) is 15.0. The number of halogens is 2. The zero-order chi connectivity index (χ0) is 21.8. The monoisotopic (exact) mass is 480 g/mol. The average Bonchev–Trinajstić information content (AvgIpc) is 3.14. The van der Waals surface area contributed by atoms with Crippen molar-refractivity contribution in [1.82, 2.24) is 14.1 Å². The van der Waals surface area contributed by atoms with Crippen molar-refractivity contribution < 1.29 is 9.18 Å². The third-order valence-corrected chi connectivity index (χ3v) is 5.14. The molecule has 2 heterocycles. The van der Waals surface area contributed by atoms with Gasteiger partial charge in [-0.1, -0.05) is 30.3 Å². The fraction of sp³-hybridized carbons (Fsp3) is 0.0870. The van der Waals surface area contributed by atoms with Gasteiger partial charge in [0.05, 0.1) is 12.9 Å². The number of imidazole rings is 1. The van der Waals surface area contributed by atoms with Crippen LogP contribution in [0.1, 0.15) is 5.56 Å². The summed E-state index contributed by atoms with van der Waals surface area (Å²) in [5.41, 5.74) is 1.94. The van der Waals surface area contributed by atoms with Crippen molar-refractivity contribution in [2.45, 2.75) is 13.1 Å². The number of nitrogens with zero attached hydrogens (tertiary/aromatic N) is 3. The van der Waals surface area contributed by atoms with Gasteiger partial charge in [-0.05, 0) is 51.8 Å². The minimum Gasteiger partial charge on any atom is -0.312 e. The normalized spacial score (nSPS) is 10.8. The lowest BCUT2D eigenvalue weighted by molar-refractivity contribution is -0.116. The predicted molar refractivity (Wildman–Crippen MR) is 120 cm³/mol. The number of pyridine rings is 1. The van der Waals surface area contributed by atoms with E-state index in [4.69, 9.17) is 0 Å². The summed E-state index contributed by atoms with van der Waals surface area (Å²) in [5, 5.41) is 2.88. The molecule has 0 unspecified atom stereocenters. The number of aromatic nitrogens is 3. The van der Waals surface area contributed by atoms with Gasteiger partial charge in [0.1, 0.15) is 23.9 Å². The molecule has 0 aliphatic carbocycles. The number of rotatable bonds is 6. The zero-order valence-corrected chi connectivity index (χ0v) is 17.9. The summed E-state index contributed by atoms with van der Waals surface area (Å²) in [6.07, 6.45) is 3.19. The molecule has 8 heteroatoms. The number of anilines is 1. The average molecular weight is 481 g/mol. The maximum Gasteiger partial charge on any atom is 0.251 e. The van der Waals surface area contributed by atoms with Crippen LogP contribution in [0.25, 0.3) is 11.3 Å². The van der Waals surface area contributed by atoms with E-state index in [9.17, 15) is 14.0 Å². The molecule has 0 aliphatic rings. The van der Waals surface area contributed by atoms with Crippen molar-refractivity contribution in [2.75, 3.05) is 5.32 Å². The van der Waals surface area contributed by atoms with Gasteiger partial charge in [-0.25, -0.2) is 9.37 Å². The Morgan fingerprint density at radius 2 is 1.74 bits per heavy atom. The first-order valence-electron chi connectivity index (χ1n) is 9.50. The van der Waals surface area contributed by atoms with E-state index < -0.39 is 0 Å². The van der Waals surface area contributed by atoms with Crippen molar-refractivity contribution in [3.63, 3.8) is 0 Å². The highest BCUT2D eigenvalue weighted by atomic mass is 79.9. The van der Waals surface area contributed by atoms with E-state index in [0.29, 0.717) is 28.1 Å². The van der Waals surface area contributed by atoms with Gasteiger partial charge in [-0.3, -0.25) is 9.59 Å². The van der Waals surface area contributed by atoms with Gasteiger partial charge in [0.15, 0.2) is 0 Å². The molecule has 4 rings (SSSR count). The molecule has 0 aliphatic heterocycles. The first kappa shape index (κ1) is 20.7. The zero-order valence-electron chi connectivity index (χ0n) is 16.3. The molecule has 156 valence electrons. The Kier molecular flexibility index (Phi) is 6.08. The lowest BCUT2D eigenvalue weighted by Gasteiger charge is -2.13. The fourth-order valence-corrected chi connectivity index (χ4v) is 3.56. The molecule has 0 spiro atoms. The Morgan fingerprint density at radius 1 is 1.00 bits per heavy atom. The molecule has 4 aromatic rings. The third-order valence-electron chi connectivity index (χ3n) is 4.67. The highest BCUT2D eigenvalue weighted by Gasteiger charge is 2.17. The van der Waals surface area contributed by atoms with Crippen LogP contribution >= 0.6 is 15.9 Å². The number of benzene rings is 2. The second kappa shape index (κ2) is 9.09. The third kappa shape index (κ3) is 4.97. The molecule has 6 nitrogen and oxygen atoms in total. The van der Waals surface area contributed by atoms with Crippen LogP contribution in [0.3, 0.4) is 0 Å². The van der Waals surface area contributed by atoms with Gasteiger partial charge in [0, 0.05) is 22.3 Å². The quantitative estimate of drug-likeness (QED) is 0.447. The Morgan fingerprint density at radius 3 is 2.48 bits per heavy atom. The van der Waals surface area contributed by atoms with Crippen molar-refractivity contribution in [3.8, 4) is 11.3 Å². The topological polar surface area (TPSA) is 68.9 Å². The van der Waals surface area contributed by atoms with Crippen LogP contribution in [0.2, 0.25) is 0 Å². The number of carbonyl (C=O) groups is 1. The van der Waals surface area contributed by atoms with Crippen molar-refractivity contribution >= 4 is 27.7 Å². The van der Waals surface area contributed by atoms with Crippen molar-refractivity contribution in [2.24, 2.45) is 0 Å². The minimum atomic E-state index is -0.377. The number of nitrogens with one attached hydrogen (secondary N) is 1. The highest BCUT2D eigenvalue weighted by molar-refractivity contribution is 9.10. The van der Waals surface area contributed by atoms with Crippen molar-refractivity contribution in [3.05, 3.63) is 105 Å². The SMILES string of the molecule is O=C(Cn1cc(Br)ccc1=O)Nc1c(-c2ccc(F)cc2)ncn1Cc1ccccc1. The summed E-state index contributed by atoms with van der Waals surface area (Å²) >= 11 is 3.31. The molecular weight excluding hydrogens is 463 g/mol. The van der Waals surface area contributed by atoms with Crippen molar-refractivity contribution in [1.29, 1.82) is 0 Å². The van der Waals surface area contributed by atoms with Crippen LogP contribution in [0.4, 0.5) is 10.2 Å². The molecule has 1 amide bonds. The van der Waals surface area contributed by atoms with Crippen LogP contribution in [0.5, 0.6) is 0 Å². The van der Waals surface area contributed by atoms with E-state index in [1.807, 2.05) is 34.9 Å². The fourth-order valence-electron chi connectivity index (χ4n) is 3.18. The van der Waals surface area contributed by atoms with Crippen LogP contribution in [-0.4, -0.2) is 20.0 Å². The van der Waals surface area contributed by atoms with Gasteiger partial charge < -0.3 is 14.5 Å². The van der Waals surface area contributed by atoms with Crippen LogP contribution in [-0.2, 0) is 17.9 Å². The molecular formula is C23H18BrFN4O2. The standard InChI is InChI=1S/C23H18BrFN4O2/c24-18-8-11-21(31)28(13-18)14-20(30)27-23-22(17-6-9-19(25)10-7-17)26-15-29(23)12-16-4-2-1-3-5-16/h1-11,13,15H,12,14H2,(H,27,30). The molecule has 0 fully saturated rings. The van der Waals surface area contributed by atoms with E-state index in [0.717, 1.165) is 5.56 Å². The molecule has 1 N–H and O–H groups in total. The van der Waals surface area contributed by atoms with E-state index in [2.05, 4.69) is 26.2 Å². The highest BCUT2D eigenvalue weighted by Crippen LogP contribution is 2.27. The smallest absolute Gasteiger partial charge is 0.251 e. The summed E-state index contributed by atoms with van der Waals surface area (Å²) in [5.74, 6) is -0.256. The lowest BCUT2D eigenvalue weighted by atomic mass is 10.1. The molecule has 0 saturated carbocycles. The summed E-state index contributed by atoms with van der Waals surface area (Å²) in [6, 6.07) is 18.7. The Hall–Kier alpha value is -3.52.